The Morgan fingerprint density at radius 3 is 2.39 bits per heavy atom. The molecular weight excluding hydrogens is 254 g/mol. The van der Waals surface area contributed by atoms with Crippen LogP contribution < -0.4 is 0 Å². The lowest BCUT2D eigenvalue weighted by atomic mass is 10.00. The smallest absolute Gasteiger partial charge is 0.303 e. The van der Waals surface area contributed by atoms with Crippen molar-refractivity contribution in [3.8, 4) is 0 Å². The van der Waals surface area contributed by atoms with E-state index in [2.05, 4.69) is 0 Å². The zero-order valence-corrected chi connectivity index (χ0v) is 10.9. The molecule has 0 amide bonds. The number of aliphatic carboxylic acids is 1. The summed E-state index contributed by atoms with van der Waals surface area (Å²) in [4.78, 5) is 10.8. The van der Waals surface area contributed by atoms with Crippen molar-refractivity contribution in [1.29, 1.82) is 0 Å². The van der Waals surface area contributed by atoms with Gasteiger partial charge in [0, 0.05) is 13.1 Å². The van der Waals surface area contributed by atoms with Crippen molar-refractivity contribution in [3.05, 3.63) is 29.8 Å². The largest absolute Gasteiger partial charge is 0.481 e. The molecule has 5 nitrogen and oxygen atoms in total. The van der Waals surface area contributed by atoms with Gasteiger partial charge in [-0.05, 0) is 25.0 Å². The second-order valence-electron chi connectivity index (χ2n) is 4.60. The number of carbonyl (C=O) groups is 1. The molecule has 18 heavy (non-hydrogen) atoms. The maximum absolute atomic E-state index is 12.1. The zero-order valence-electron chi connectivity index (χ0n) is 10.0. The van der Waals surface area contributed by atoms with Crippen LogP contribution in [-0.4, -0.2) is 36.9 Å². The molecule has 0 unspecified atom stereocenters. The van der Waals surface area contributed by atoms with Crippen molar-refractivity contribution >= 4 is 16.0 Å². The molecular formula is C12H15NO4S. The van der Waals surface area contributed by atoms with Gasteiger partial charge in [-0.2, -0.15) is 4.31 Å². The number of rotatable bonds is 4. The van der Waals surface area contributed by atoms with Gasteiger partial charge in [-0.15, -0.1) is 0 Å². The first-order valence-electron chi connectivity index (χ1n) is 5.68. The van der Waals surface area contributed by atoms with Gasteiger partial charge in [-0.25, -0.2) is 8.42 Å². The van der Waals surface area contributed by atoms with Gasteiger partial charge in [0.2, 0.25) is 10.0 Å². The molecule has 1 saturated heterocycles. The normalized spacial score (nSPS) is 17.4. The van der Waals surface area contributed by atoms with E-state index in [4.69, 9.17) is 5.11 Å². The first-order chi connectivity index (χ1) is 8.39. The molecule has 2 rings (SSSR count). The zero-order chi connectivity index (χ0) is 13.3. The van der Waals surface area contributed by atoms with E-state index >= 15 is 0 Å². The summed E-state index contributed by atoms with van der Waals surface area (Å²) in [5.74, 6) is -0.949. The molecule has 0 saturated carbocycles. The molecule has 1 fully saturated rings. The van der Waals surface area contributed by atoms with Crippen molar-refractivity contribution in [2.24, 2.45) is 5.92 Å². The van der Waals surface area contributed by atoms with Crippen molar-refractivity contribution < 1.29 is 18.3 Å². The standard InChI is InChI=1S/C12H15NO4S/c1-9-2-4-11(5-3-9)18(16,17)13-7-10(8-13)6-12(14)15/h2-5,10H,6-8H2,1H3,(H,14,15). The summed E-state index contributed by atoms with van der Waals surface area (Å²) in [6.07, 6.45) is 0.0277. The van der Waals surface area contributed by atoms with E-state index in [9.17, 15) is 13.2 Å². The summed E-state index contributed by atoms with van der Waals surface area (Å²) in [6, 6.07) is 6.66. The van der Waals surface area contributed by atoms with Gasteiger partial charge in [0.05, 0.1) is 11.3 Å². The van der Waals surface area contributed by atoms with Crippen molar-refractivity contribution in [1.82, 2.24) is 4.31 Å². The summed E-state index contributed by atoms with van der Waals surface area (Å²) in [7, 11) is -3.45. The summed E-state index contributed by atoms with van der Waals surface area (Å²) in [5, 5.41) is 8.62. The third kappa shape index (κ3) is 2.54. The number of hydrogen-bond donors (Lipinski definition) is 1. The summed E-state index contributed by atoms with van der Waals surface area (Å²) < 4.78 is 25.6. The molecule has 1 N–H and O–H groups in total. The average Bonchev–Trinajstić information content (AvgIpc) is 2.23. The van der Waals surface area contributed by atoms with Crippen LogP contribution in [0, 0.1) is 12.8 Å². The van der Waals surface area contributed by atoms with Crippen molar-refractivity contribution in [2.75, 3.05) is 13.1 Å². The molecule has 0 bridgehead atoms. The minimum absolute atomic E-state index is 0.0277. The second-order valence-corrected chi connectivity index (χ2v) is 6.54. The molecule has 1 aliphatic heterocycles. The number of carboxylic acid groups (broad SMARTS) is 1. The Hall–Kier alpha value is -1.40. The van der Waals surface area contributed by atoms with Crippen LogP contribution in [0.5, 0.6) is 0 Å². The first-order valence-corrected chi connectivity index (χ1v) is 7.12. The highest BCUT2D eigenvalue weighted by Crippen LogP contribution is 2.26. The lowest BCUT2D eigenvalue weighted by molar-refractivity contribution is -0.139. The van der Waals surface area contributed by atoms with Crippen LogP contribution in [-0.2, 0) is 14.8 Å². The first kappa shape index (κ1) is 13.0. The van der Waals surface area contributed by atoms with Crippen LogP contribution in [0.1, 0.15) is 12.0 Å². The minimum atomic E-state index is -3.45. The number of sulfonamides is 1. The van der Waals surface area contributed by atoms with Gasteiger partial charge in [-0.1, -0.05) is 17.7 Å². The molecule has 0 radical (unpaired) electrons. The molecule has 0 aromatic heterocycles. The molecule has 1 aromatic rings. The van der Waals surface area contributed by atoms with E-state index < -0.39 is 16.0 Å². The fourth-order valence-corrected chi connectivity index (χ4v) is 3.55. The fourth-order valence-electron chi connectivity index (χ4n) is 1.95. The molecule has 6 heteroatoms. The molecule has 0 atom stereocenters. The Morgan fingerprint density at radius 1 is 1.33 bits per heavy atom. The monoisotopic (exact) mass is 269 g/mol. The third-order valence-corrected chi connectivity index (χ3v) is 4.89. The van der Waals surface area contributed by atoms with E-state index in [-0.39, 0.29) is 17.2 Å². The Bertz CT molecular complexity index is 544. The molecule has 0 aliphatic carbocycles. The van der Waals surface area contributed by atoms with E-state index in [1.54, 1.807) is 24.3 Å². The van der Waals surface area contributed by atoms with Crippen LogP contribution in [0.25, 0.3) is 0 Å². The maximum Gasteiger partial charge on any atom is 0.303 e. The second kappa shape index (κ2) is 4.70. The van der Waals surface area contributed by atoms with E-state index in [0.717, 1.165) is 5.56 Å². The lowest BCUT2D eigenvalue weighted by Crippen LogP contribution is -2.50. The molecule has 1 aromatic carbocycles. The predicted molar refractivity (Wildman–Crippen MR) is 65.7 cm³/mol. The maximum atomic E-state index is 12.1. The van der Waals surface area contributed by atoms with Crippen LogP contribution in [0.4, 0.5) is 0 Å². The summed E-state index contributed by atoms with van der Waals surface area (Å²) in [5.41, 5.74) is 1.00. The Balaban J connectivity index is 2.06. The number of carboxylic acids is 1. The van der Waals surface area contributed by atoms with Gasteiger partial charge >= 0.3 is 5.97 Å². The molecule has 1 heterocycles. The Kier molecular flexibility index (Phi) is 3.41. The third-order valence-electron chi connectivity index (χ3n) is 3.05. The topological polar surface area (TPSA) is 74.7 Å². The van der Waals surface area contributed by atoms with Gasteiger partial charge in [0.1, 0.15) is 0 Å². The molecule has 1 aliphatic rings. The van der Waals surface area contributed by atoms with Crippen LogP contribution >= 0.6 is 0 Å². The Morgan fingerprint density at radius 2 is 1.89 bits per heavy atom. The molecule has 0 spiro atoms. The minimum Gasteiger partial charge on any atom is -0.481 e. The number of aryl methyl sites for hydroxylation is 1. The quantitative estimate of drug-likeness (QED) is 0.888. The SMILES string of the molecule is Cc1ccc(S(=O)(=O)N2CC(CC(=O)O)C2)cc1. The molecule has 98 valence electrons. The van der Waals surface area contributed by atoms with E-state index in [1.165, 1.54) is 4.31 Å². The highest BCUT2D eigenvalue weighted by atomic mass is 32.2. The highest BCUT2D eigenvalue weighted by molar-refractivity contribution is 7.89. The van der Waals surface area contributed by atoms with Gasteiger partial charge in [0.25, 0.3) is 0 Å². The predicted octanol–water partition coefficient (Wildman–Crippen LogP) is 1.09. The van der Waals surface area contributed by atoms with E-state index in [1.807, 2.05) is 6.92 Å². The van der Waals surface area contributed by atoms with Crippen molar-refractivity contribution in [3.63, 3.8) is 0 Å². The summed E-state index contributed by atoms with van der Waals surface area (Å²) in [6.45, 7) is 2.48. The van der Waals surface area contributed by atoms with Gasteiger partial charge in [0.15, 0.2) is 0 Å². The van der Waals surface area contributed by atoms with Crippen LogP contribution in [0.3, 0.4) is 0 Å². The number of benzene rings is 1. The Labute approximate surface area is 106 Å². The average molecular weight is 269 g/mol. The van der Waals surface area contributed by atoms with Crippen LogP contribution in [0.15, 0.2) is 29.2 Å². The number of nitrogens with zero attached hydrogens (tertiary/aromatic N) is 1. The summed E-state index contributed by atoms with van der Waals surface area (Å²) >= 11 is 0. The number of hydrogen-bond acceptors (Lipinski definition) is 3. The lowest BCUT2D eigenvalue weighted by Gasteiger charge is -2.37. The fraction of sp³-hybridized carbons (Fsp3) is 0.417. The van der Waals surface area contributed by atoms with E-state index in [0.29, 0.717) is 13.1 Å². The van der Waals surface area contributed by atoms with Crippen molar-refractivity contribution in [2.45, 2.75) is 18.2 Å². The van der Waals surface area contributed by atoms with Gasteiger partial charge in [-0.3, -0.25) is 4.79 Å². The highest BCUT2D eigenvalue weighted by Gasteiger charge is 2.37. The van der Waals surface area contributed by atoms with Crippen LogP contribution in [0.2, 0.25) is 0 Å². The van der Waals surface area contributed by atoms with Gasteiger partial charge < -0.3 is 5.11 Å².